The summed E-state index contributed by atoms with van der Waals surface area (Å²) in [7, 11) is 0. The van der Waals surface area contributed by atoms with Crippen molar-refractivity contribution in [1.82, 2.24) is 0 Å². The molecular formula is C18H22N2O. The quantitative estimate of drug-likeness (QED) is 0.821. The van der Waals surface area contributed by atoms with Gasteiger partial charge in [0.1, 0.15) is 0 Å². The Labute approximate surface area is 126 Å². The molecule has 3 N–H and O–H groups in total. The third kappa shape index (κ3) is 4.09. The van der Waals surface area contributed by atoms with E-state index < -0.39 is 0 Å². The second-order valence-electron chi connectivity index (χ2n) is 5.25. The summed E-state index contributed by atoms with van der Waals surface area (Å²) in [5.41, 5.74) is 10.9. The number of rotatable bonds is 5. The number of carbonyl (C=O) groups is 1. The van der Waals surface area contributed by atoms with Gasteiger partial charge in [-0.05, 0) is 48.6 Å². The van der Waals surface area contributed by atoms with Crippen LogP contribution in [0.2, 0.25) is 0 Å². The number of amides is 1. The number of para-hydroxylation sites is 1. The fourth-order valence-corrected chi connectivity index (χ4v) is 2.27. The van der Waals surface area contributed by atoms with Crippen LogP contribution in [0, 0.1) is 6.92 Å². The number of nitrogen functional groups attached to an aromatic ring is 1. The predicted octanol–water partition coefficient (Wildman–Crippen LogP) is 3.71. The molecule has 2 aromatic carbocycles. The molecule has 0 aliphatic rings. The molecule has 0 aliphatic heterocycles. The average Bonchev–Trinajstić information content (AvgIpc) is 2.49. The molecule has 110 valence electrons. The Balaban J connectivity index is 1.94. The molecule has 3 nitrogen and oxygen atoms in total. The number of hydrogen-bond acceptors (Lipinski definition) is 2. The second-order valence-corrected chi connectivity index (χ2v) is 5.25. The molecule has 21 heavy (non-hydrogen) atoms. The van der Waals surface area contributed by atoms with Gasteiger partial charge in [-0.1, -0.05) is 37.3 Å². The van der Waals surface area contributed by atoms with Crippen LogP contribution < -0.4 is 11.1 Å². The van der Waals surface area contributed by atoms with Crippen molar-refractivity contribution in [2.75, 3.05) is 11.1 Å². The van der Waals surface area contributed by atoms with Gasteiger partial charge in [-0.15, -0.1) is 0 Å². The van der Waals surface area contributed by atoms with Crippen LogP contribution in [-0.4, -0.2) is 5.91 Å². The molecule has 0 unspecified atom stereocenters. The normalized spacial score (nSPS) is 10.4. The largest absolute Gasteiger partial charge is 0.399 e. The zero-order chi connectivity index (χ0) is 15.2. The molecule has 2 aromatic rings. The molecular weight excluding hydrogens is 260 g/mol. The van der Waals surface area contributed by atoms with E-state index in [0.29, 0.717) is 12.8 Å². The average molecular weight is 282 g/mol. The lowest BCUT2D eigenvalue weighted by atomic mass is 10.1. The van der Waals surface area contributed by atoms with Crippen LogP contribution in [0.1, 0.15) is 30.0 Å². The van der Waals surface area contributed by atoms with E-state index in [2.05, 4.69) is 12.2 Å². The van der Waals surface area contributed by atoms with Gasteiger partial charge < -0.3 is 11.1 Å². The standard InChI is InChI=1S/C18H22N2O/c1-3-15-6-4-5-7-17(15)20-18(21)11-10-14-9-8-13(2)16(19)12-14/h4-9,12H,3,10-11,19H2,1-2H3,(H,20,21). The van der Waals surface area contributed by atoms with Crippen LogP contribution in [-0.2, 0) is 17.6 Å². The van der Waals surface area contributed by atoms with Crippen molar-refractivity contribution >= 4 is 17.3 Å². The molecule has 0 radical (unpaired) electrons. The summed E-state index contributed by atoms with van der Waals surface area (Å²) in [5, 5.41) is 2.99. The molecule has 1 amide bonds. The highest BCUT2D eigenvalue weighted by Gasteiger charge is 2.06. The van der Waals surface area contributed by atoms with Crippen LogP contribution in [0.5, 0.6) is 0 Å². The second kappa shape index (κ2) is 6.93. The van der Waals surface area contributed by atoms with Crippen LogP contribution in [0.3, 0.4) is 0 Å². The summed E-state index contributed by atoms with van der Waals surface area (Å²) in [6.07, 6.45) is 2.07. The summed E-state index contributed by atoms with van der Waals surface area (Å²) in [5.74, 6) is 0.0371. The number of carbonyl (C=O) groups excluding carboxylic acids is 1. The molecule has 0 aromatic heterocycles. The van der Waals surface area contributed by atoms with Crippen molar-refractivity contribution in [2.24, 2.45) is 0 Å². The van der Waals surface area contributed by atoms with Gasteiger partial charge >= 0.3 is 0 Å². The molecule has 2 rings (SSSR count). The van der Waals surface area contributed by atoms with Gasteiger partial charge in [0.05, 0.1) is 0 Å². The van der Waals surface area contributed by atoms with Gasteiger partial charge in [0.15, 0.2) is 0 Å². The smallest absolute Gasteiger partial charge is 0.224 e. The first-order valence-electron chi connectivity index (χ1n) is 7.33. The number of nitrogens with two attached hydrogens (primary N) is 1. The van der Waals surface area contributed by atoms with E-state index in [1.54, 1.807) is 0 Å². The Morgan fingerprint density at radius 1 is 1.19 bits per heavy atom. The zero-order valence-corrected chi connectivity index (χ0v) is 12.6. The number of aryl methyl sites for hydroxylation is 3. The van der Waals surface area contributed by atoms with Crippen molar-refractivity contribution in [1.29, 1.82) is 0 Å². The van der Waals surface area contributed by atoms with Crippen molar-refractivity contribution < 1.29 is 4.79 Å². The van der Waals surface area contributed by atoms with E-state index in [1.807, 2.05) is 49.4 Å². The summed E-state index contributed by atoms with van der Waals surface area (Å²) < 4.78 is 0. The highest BCUT2D eigenvalue weighted by atomic mass is 16.1. The molecule has 3 heteroatoms. The third-order valence-corrected chi connectivity index (χ3v) is 3.66. The fraction of sp³-hybridized carbons (Fsp3) is 0.278. The van der Waals surface area contributed by atoms with E-state index in [-0.39, 0.29) is 5.91 Å². The molecule has 0 saturated carbocycles. The molecule has 0 fully saturated rings. The predicted molar refractivity (Wildman–Crippen MR) is 88.4 cm³/mol. The van der Waals surface area contributed by atoms with Crippen LogP contribution in [0.4, 0.5) is 11.4 Å². The van der Waals surface area contributed by atoms with E-state index in [0.717, 1.165) is 34.5 Å². The highest BCUT2D eigenvalue weighted by Crippen LogP contribution is 2.17. The summed E-state index contributed by atoms with van der Waals surface area (Å²) in [6.45, 7) is 4.06. The van der Waals surface area contributed by atoms with Crippen LogP contribution in [0.15, 0.2) is 42.5 Å². The van der Waals surface area contributed by atoms with Gasteiger partial charge in [0.25, 0.3) is 0 Å². The van der Waals surface area contributed by atoms with Gasteiger partial charge in [-0.25, -0.2) is 0 Å². The molecule has 0 bridgehead atoms. The van der Waals surface area contributed by atoms with E-state index >= 15 is 0 Å². The molecule has 0 aliphatic carbocycles. The fourth-order valence-electron chi connectivity index (χ4n) is 2.27. The van der Waals surface area contributed by atoms with E-state index in [1.165, 1.54) is 0 Å². The SMILES string of the molecule is CCc1ccccc1NC(=O)CCc1ccc(C)c(N)c1. The number of benzene rings is 2. The lowest BCUT2D eigenvalue weighted by Crippen LogP contribution is -2.13. The monoisotopic (exact) mass is 282 g/mol. The van der Waals surface area contributed by atoms with Crippen molar-refractivity contribution in [3.63, 3.8) is 0 Å². The van der Waals surface area contributed by atoms with E-state index in [9.17, 15) is 4.79 Å². The summed E-state index contributed by atoms with van der Waals surface area (Å²) >= 11 is 0. The minimum Gasteiger partial charge on any atom is -0.399 e. The molecule has 0 spiro atoms. The highest BCUT2D eigenvalue weighted by molar-refractivity contribution is 5.91. The summed E-state index contributed by atoms with van der Waals surface area (Å²) in [6, 6.07) is 13.9. The van der Waals surface area contributed by atoms with E-state index in [4.69, 9.17) is 5.73 Å². The van der Waals surface area contributed by atoms with Gasteiger partial charge in [-0.2, -0.15) is 0 Å². The molecule has 0 saturated heterocycles. The molecule has 0 heterocycles. The topological polar surface area (TPSA) is 55.1 Å². The first kappa shape index (κ1) is 15.1. The van der Waals surface area contributed by atoms with Gasteiger partial charge in [0.2, 0.25) is 5.91 Å². The lowest BCUT2D eigenvalue weighted by Gasteiger charge is -2.10. The zero-order valence-electron chi connectivity index (χ0n) is 12.6. The maximum atomic E-state index is 12.1. The van der Waals surface area contributed by atoms with Crippen LogP contribution >= 0.6 is 0 Å². The Hall–Kier alpha value is -2.29. The number of anilines is 2. The Morgan fingerprint density at radius 3 is 2.67 bits per heavy atom. The first-order valence-corrected chi connectivity index (χ1v) is 7.33. The minimum absolute atomic E-state index is 0.0371. The number of hydrogen-bond donors (Lipinski definition) is 2. The number of nitrogens with one attached hydrogen (secondary N) is 1. The molecule has 0 atom stereocenters. The first-order chi connectivity index (χ1) is 10.1. The van der Waals surface area contributed by atoms with Crippen LogP contribution in [0.25, 0.3) is 0 Å². The van der Waals surface area contributed by atoms with Gasteiger partial charge in [0, 0.05) is 17.8 Å². The van der Waals surface area contributed by atoms with Crippen molar-refractivity contribution in [3.05, 3.63) is 59.2 Å². The lowest BCUT2D eigenvalue weighted by molar-refractivity contribution is -0.116. The maximum Gasteiger partial charge on any atom is 0.224 e. The Bertz CT molecular complexity index is 635. The Kier molecular flexibility index (Phi) is 4.99. The van der Waals surface area contributed by atoms with Crippen molar-refractivity contribution in [2.45, 2.75) is 33.1 Å². The van der Waals surface area contributed by atoms with Crippen molar-refractivity contribution in [3.8, 4) is 0 Å². The maximum absolute atomic E-state index is 12.1. The minimum atomic E-state index is 0.0371. The Morgan fingerprint density at radius 2 is 1.95 bits per heavy atom. The summed E-state index contributed by atoms with van der Waals surface area (Å²) in [4.78, 5) is 12.1. The van der Waals surface area contributed by atoms with Gasteiger partial charge in [-0.3, -0.25) is 4.79 Å². The third-order valence-electron chi connectivity index (χ3n) is 3.66.